The highest BCUT2D eigenvalue weighted by Crippen LogP contribution is 2.17. The van der Waals surface area contributed by atoms with Crippen LogP contribution in [0.1, 0.15) is 28.8 Å². The summed E-state index contributed by atoms with van der Waals surface area (Å²) in [5, 5.41) is 8.79. The van der Waals surface area contributed by atoms with Gasteiger partial charge in [-0.05, 0) is 25.0 Å². The van der Waals surface area contributed by atoms with Crippen LogP contribution in [-0.2, 0) is 4.74 Å². The second-order valence-electron chi connectivity index (χ2n) is 4.76. The summed E-state index contributed by atoms with van der Waals surface area (Å²) in [5.41, 5.74) is 1.25. The predicted molar refractivity (Wildman–Crippen MR) is 76.3 cm³/mol. The molecule has 1 aromatic rings. The number of aliphatic hydroxyl groups excluding tert-OH is 1. The van der Waals surface area contributed by atoms with Crippen LogP contribution in [0.4, 0.5) is 0 Å². The summed E-state index contributed by atoms with van der Waals surface area (Å²) in [5.74, 6) is 5.40. The first kappa shape index (κ1) is 14.6. The first-order valence-corrected chi connectivity index (χ1v) is 6.77. The molecule has 1 aromatic carbocycles. The third-order valence-corrected chi connectivity index (χ3v) is 3.46. The van der Waals surface area contributed by atoms with E-state index >= 15 is 0 Å². The van der Waals surface area contributed by atoms with Gasteiger partial charge in [-0.1, -0.05) is 24.0 Å². The number of piperidine rings is 1. The van der Waals surface area contributed by atoms with Crippen molar-refractivity contribution < 1.29 is 14.6 Å². The summed E-state index contributed by atoms with van der Waals surface area (Å²) in [6.07, 6.45) is 2.06. The third kappa shape index (κ3) is 3.38. The van der Waals surface area contributed by atoms with Crippen LogP contribution in [0.15, 0.2) is 24.3 Å². The molecule has 2 rings (SSSR count). The van der Waals surface area contributed by atoms with Crippen LogP contribution < -0.4 is 0 Å². The van der Waals surface area contributed by atoms with Gasteiger partial charge in [-0.15, -0.1) is 0 Å². The lowest BCUT2D eigenvalue weighted by molar-refractivity contribution is 0.0269. The van der Waals surface area contributed by atoms with E-state index in [4.69, 9.17) is 9.84 Å². The largest absolute Gasteiger partial charge is 0.384 e. The van der Waals surface area contributed by atoms with Gasteiger partial charge in [-0.25, -0.2) is 0 Å². The Morgan fingerprint density at radius 3 is 3.05 bits per heavy atom. The lowest BCUT2D eigenvalue weighted by Gasteiger charge is -2.32. The lowest BCUT2D eigenvalue weighted by Crippen LogP contribution is -2.43. The fourth-order valence-electron chi connectivity index (χ4n) is 2.40. The van der Waals surface area contributed by atoms with Gasteiger partial charge < -0.3 is 14.7 Å². The number of carbonyl (C=O) groups excluding carboxylic acids is 1. The van der Waals surface area contributed by atoms with Crippen LogP contribution in [0.2, 0.25) is 0 Å². The molecule has 1 amide bonds. The van der Waals surface area contributed by atoms with Gasteiger partial charge in [-0.3, -0.25) is 4.79 Å². The smallest absolute Gasteiger partial charge is 0.255 e. The van der Waals surface area contributed by atoms with Crippen LogP contribution >= 0.6 is 0 Å². The van der Waals surface area contributed by atoms with Gasteiger partial charge in [0.15, 0.2) is 0 Å². The highest BCUT2D eigenvalue weighted by molar-refractivity contribution is 5.96. The summed E-state index contributed by atoms with van der Waals surface area (Å²) in [6.45, 7) is 1.16. The number of rotatable bonds is 2. The van der Waals surface area contributed by atoms with Gasteiger partial charge in [0.1, 0.15) is 6.61 Å². The van der Waals surface area contributed by atoms with Crippen molar-refractivity contribution in [2.45, 2.75) is 18.9 Å². The van der Waals surface area contributed by atoms with Crippen molar-refractivity contribution in [3.8, 4) is 11.8 Å². The molecule has 106 valence electrons. The maximum Gasteiger partial charge on any atom is 0.255 e. The summed E-state index contributed by atoms with van der Waals surface area (Å²) in [4.78, 5) is 14.4. The molecule has 0 saturated carbocycles. The molecular formula is C16H19NO3. The van der Waals surface area contributed by atoms with E-state index < -0.39 is 0 Å². The predicted octanol–water partition coefficient (Wildman–Crippen LogP) is 1.28. The SMILES string of the molecule is COC1CCCN(C(=O)c2ccccc2C#CCO)C1. The van der Waals surface area contributed by atoms with Gasteiger partial charge in [-0.2, -0.15) is 0 Å². The number of ether oxygens (including phenoxy) is 1. The van der Waals surface area contributed by atoms with Gasteiger partial charge >= 0.3 is 0 Å². The first-order chi connectivity index (χ1) is 9.76. The Kier molecular flexibility index (Phi) is 5.16. The van der Waals surface area contributed by atoms with E-state index in [2.05, 4.69) is 11.8 Å². The van der Waals surface area contributed by atoms with Crippen molar-refractivity contribution in [1.82, 2.24) is 4.90 Å². The molecule has 1 aliphatic heterocycles. The highest BCUT2D eigenvalue weighted by Gasteiger charge is 2.25. The zero-order valence-corrected chi connectivity index (χ0v) is 11.6. The molecule has 0 aliphatic carbocycles. The number of hydrogen-bond donors (Lipinski definition) is 1. The molecule has 4 heteroatoms. The summed E-state index contributed by atoms with van der Waals surface area (Å²) >= 11 is 0. The Balaban J connectivity index is 2.20. The molecule has 4 nitrogen and oxygen atoms in total. The quantitative estimate of drug-likeness (QED) is 0.826. The molecule has 0 aromatic heterocycles. The van der Waals surface area contributed by atoms with E-state index in [1.165, 1.54) is 0 Å². The molecule has 0 radical (unpaired) electrons. The van der Waals surface area contributed by atoms with Crippen LogP contribution in [0, 0.1) is 11.8 Å². The van der Waals surface area contributed by atoms with Crippen LogP contribution in [0.3, 0.4) is 0 Å². The van der Waals surface area contributed by atoms with E-state index in [9.17, 15) is 4.79 Å². The highest BCUT2D eigenvalue weighted by atomic mass is 16.5. The van der Waals surface area contributed by atoms with Crippen molar-refractivity contribution in [3.05, 3.63) is 35.4 Å². The van der Waals surface area contributed by atoms with Crippen molar-refractivity contribution in [3.63, 3.8) is 0 Å². The maximum absolute atomic E-state index is 12.6. The van der Waals surface area contributed by atoms with E-state index in [-0.39, 0.29) is 18.6 Å². The minimum Gasteiger partial charge on any atom is -0.384 e. The molecule has 20 heavy (non-hydrogen) atoms. The molecule has 1 unspecified atom stereocenters. The molecule has 1 aliphatic rings. The molecular weight excluding hydrogens is 254 g/mol. The third-order valence-electron chi connectivity index (χ3n) is 3.46. The fourth-order valence-corrected chi connectivity index (χ4v) is 2.40. The number of aliphatic hydroxyl groups is 1. The van der Waals surface area contributed by atoms with Crippen LogP contribution in [0.25, 0.3) is 0 Å². The summed E-state index contributed by atoms with van der Waals surface area (Å²) < 4.78 is 5.35. The van der Waals surface area contributed by atoms with Crippen molar-refractivity contribution in [2.75, 3.05) is 26.8 Å². The molecule has 0 bridgehead atoms. The van der Waals surface area contributed by atoms with Gasteiger partial charge in [0.25, 0.3) is 5.91 Å². The minimum atomic E-state index is -0.210. The van der Waals surface area contributed by atoms with E-state index in [1.807, 2.05) is 17.0 Å². The molecule has 0 spiro atoms. The number of nitrogens with zero attached hydrogens (tertiary/aromatic N) is 1. The van der Waals surface area contributed by atoms with E-state index in [0.717, 1.165) is 19.4 Å². The molecule has 1 fully saturated rings. The fraction of sp³-hybridized carbons (Fsp3) is 0.438. The molecule has 1 heterocycles. The number of amides is 1. The Hall–Kier alpha value is -1.83. The topological polar surface area (TPSA) is 49.8 Å². The number of carbonyl (C=O) groups is 1. The van der Waals surface area contributed by atoms with Gasteiger partial charge in [0.05, 0.1) is 11.7 Å². The zero-order chi connectivity index (χ0) is 14.4. The summed E-state index contributed by atoms with van der Waals surface area (Å²) in [6, 6.07) is 7.25. The Morgan fingerprint density at radius 2 is 2.30 bits per heavy atom. The van der Waals surface area contributed by atoms with Crippen molar-refractivity contribution >= 4 is 5.91 Å². The van der Waals surface area contributed by atoms with Crippen molar-refractivity contribution in [1.29, 1.82) is 0 Å². The maximum atomic E-state index is 12.6. The Bertz CT molecular complexity index is 530. The summed E-state index contributed by atoms with van der Waals surface area (Å²) in [7, 11) is 1.68. The minimum absolute atomic E-state index is 0.0189. The van der Waals surface area contributed by atoms with Crippen LogP contribution in [0.5, 0.6) is 0 Å². The monoisotopic (exact) mass is 273 g/mol. The number of methoxy groups -OCH3 is 1. The zero-order valence-electron chi connectivity index (χ0n) is 11.6. The second-order valence-corrected chi connectivity index (χ2v) is 4.76. The van der Waals surface area contributed by atoms with Crippen LogP contribution in [-0.4, -0.2) is 48.8 Å². The normalized spacial score (nSPS) is 18.3. The lowest BCUT2D eigenvalue weighted by atomic mass is 10.0. The Labute approximate surface area is 119 Å². The molecule has 1 saturated heterocycles. The van der Waals surface area contributed by atoms with Gasteiger partial charge in [0.2, 0.25) is 0 Å². The average molecular weight is 273 g/mol. The second kappa shape index (κ2) is 7.09. The number of likely N-dealkylation sites (tertiary alicyclic amines) is 1. The first-order valence-electron chi connectivity index (χ1n) is 6.77. The number of benzene rings is 1. The standard InChI is InChI=1S/C16H19NO3/c1-20-14-8-4-10-17(12-14)16(19)15-9-3-2-6-13(15)7-5-11-18/h2-3,6,9,14,18H,4,8,10-12H2,1H3. The van der Waals surface area contributed by atoms with E-state index in [1.54, 1.807) is 19.2 Å². The number of hydrogen-bond acceptors (Lipinski definition) is 3. The van der Waals surface area contributed by atoms with Gasteiger partial charge in [0, 0.05) is 25.8 Å². The average Bonchev–Trinajstić information content (AvgIpc) is 2.52. The van der Waals surface area contributed by atoms with E-state index in [0.29, 0.717) is 17.7 Å². The van der Waals surface area contributed by atoms with Crippen molar-refractivity contribution in [2.24, 2.45) is 0 Å². The Morgan fingerprint density at radius 1 is 1.50 bits per heavy atom. The molecule has 1 N–H and O–H groups in total. The molecule has 1 atom stereocenters.